The van der Waals surface area contributed by atoms with Gasteiger partial charge in [0.2, 0.25) is 5.28 Å². The average molecular weight is 473 g/mol. The number of carbonyl (C=O) groups is 1. The van der Waals surface area contributed by atoms with E-state index >= 15 is 0 Å². The molecule has 0 saturated carbocycles. The number of benzene rings is 1. The molecule has 1 saturated heterocycles. The number of aliphatic hydroxyl groups excluding tert-OH is 1. The number of anilines is 1. The summed E-state index contributed by atoms with van der Waals surface area (Å²) in [6.07, 6.45) is 8.59. The first-order chi connectivity index (χ1) is 15.9. The molecule has 0 aliphatic carbocycles. The molecule has 3 heterocycles. The smallest absolute Gasteiger partial charge is 0.450 e. The van der Waals surface area contributed by atoms with Crippen LogP contribution in [0.4, 0.5) is 10.6 Å². The van der Waals surface area contributed by atoms with Crippen LogP contribution >= 0.6 is 11.6 Å². The zero-order chi connectivity index (χ0) is 23.8. The molecular weight excluding hydrogens is 448 g/mol. The van der Waals surface area contributed by atoms with Crippen LogP contribution in [-0.4, -0.2) is 49.7 Å². The zero-order valence-electron chi connectivity index (χ0n) is 17.9. The van der Waals surface area contributed by atoms with Crippen molar-refractivity contribution in [3.63, 3.8) is 0 Å². The van der Waals surface area contributed by atoms with E-state index in [2.05, 4.69) is 20.6 Å². The molecule has 1 aromatic carbocycles. The van der Waals surface area contributed by atoms with Crippen molar-refractivity contribution in [3.05, 3.63) is 53.4 Å². The molecule has 0 spiro atoms. The Kier molecular flexibility index (Phi) is 8.11. The van der Waals surface area contributed by atoms with Gasteiger partial charge in [-0.1, -0.05) is 36.3 Å². The Bertz CT molecular complexity index is 1130. The molecule has 4 rings (SSSR count). The second kappa shape index (κ2) is 11.0. The summed E-state index contributed by atoms with van der Waals surface area (Å²) >= 11 is 5.84. The van der Waals surface area contributed by atoms with Gasteiger partial charge >= 0.3 is 6.16 Å². The van der Waals surface area contributed by atoms with Gasteiger partial charge in [-0.3, -0.25) is 0 Å². The normalized spacial score (nSPS) is 19.5. The van der Waals surface area contributed by atoms with E-state index in [9.17, 15) is 9.90 Å². The fourth-order valence-electron chi connectivity index (χ4n) is 3.54. The number of aryl methyl sites for hydroxylation is 1. The number of aliphatic hydroxyl groups is 1. The molecule has 9 nitrogen and oxygen atoms in total. The predicted octanol–water partition coefficient (Wildman–Crippen LogP) is 3.65. The molecular formula is C23H25ClN4O5. The van der Waals surface area contributed by atoms with Gasteiger partial charge < -0.3 is 30.0 Å². The molecule has 2 atom stereocenters. The van der Waals surface area contributed by atoms with Crippen LogP contribution in [0.1, 0.15) is 31.1 Å². The molecule has 1 unspecified atom stereocenters. The Labute approximate surface area is 196 Å². The number of ether oxygens (including phenoxy) is 2. The largest absolute Gasteiger partial charge is 0.505 e. The number of fused-ring (bicyclic) bond motifs is 1. The molecule has 0 amide bonds. The molecule has 1 aliphatic heterocycles. The van der Waals surface area contributed by atoms with Gasteiger partial charge in [0.1, 0.15) is 17.7 Å². The lowest BCUT2D eigenvalue weighted by Gasteiger charge is -2.21. The average Bonchev–Trinajstić information content (AvgIpc) is 3.43. The van der Waals surface area contributed by atoms with Gasteiger partial charge in [0.05, 0.1) is 18.6 Å². The van der Waals surface area contributed by atoms with Crippen molar-refractivity contribution in [3.8, 4) is 12.3 Å². The van der Waals surface area contributed by atoms with E-state index in [1.165, 1.54) is 5.56 Å². The van der Waals surface area contributed by atoms with Crippen molar-refractivity contribution in [2.24, 2.45) is 0 Å². The lowest BCUT2D eigenvalue weighted by atomic mass is 10.0. The minimum Gasteiger partial charge on any atom is -0.450 e. The van der Waals surface area contributed by atoms with Crippen molar-refractivity contribution in [1.82, 2.24) is 14.5 Å². The van der Waals surface area contributed by atoms with Gasteiger partial charge in [-0.25, -0.2) is 9.78 Å². The second-order valence-electron chi connectivity index (χ2n) is 7.45. The number of hydrogen-bond acceptors (Lipinski definition) is 7. The van der Waals surface area contributed by atoms with E-state index < -0.39 is 11.8 Å². The maximum atomic E-state index is 9.99. The van der Waals surface area contributed by atoms with E-state index in [-0.39, 0.29) is 24.7 Å². The Morgan fingerprint density at radius 3 is 2.76 bits per heavy atom. The van der Waals surface area contributed by atoms with Crippen LogP contribution in [0.25, 0.3) is 11.0 Å². The minimum atomic E-state index is -1.20. The van der Waals surface area contributed by atoms with Crippen LogP contribution in [0.5, 0.6) is 0 Å². The van der Waals surface area contributed by atoms with Crippen LogP contribution in [0.2, 0.25) is 5.28 Å². The highest BCUT2D eigenvalue weighted by molar-refractivity contribution is 6.28. The van der Waals surface area contributed by atoms with Crippen molar-refractivity contribution in [2.75, 3.05) is 18.9 Å². The number of terminal acetylenes is 1. The van der Waals surface area contributed by atoms with Gasteiger partial charge in [-0.2, -0.15) is 4.98 Å². The molecule has 2 aromatic heterocycles. The van der Waals surface area contributed by atoms with E-state index in [0.717, 1.165) is 12.8 Å². The highest BCUT2D eigenvalue weighted by Crippen LogP contribution is 2.37. The van der Waals surface area contributed by atoms with Gasteiger partial charge in [-0.15, -0.1) is 6.42 Å². The van der Waals surface area contributed by atoms with E-state index in [4.69, 9.17) is 33.6 Å². The third-order valence-corrected chi connectivity index (χ3v) is 5.41. The molecule has 3 aromatic rings. The lowest BCUT2D eigenvalue weighted by Crippen LogP contribution is -2.31. The first-order valence-electron chi connectivity index (χ1n) is 10.3. The fourth-order valence-corrected chi connectivity index (χ4v) is 3.71. The summed E-state index contributed by atoms with van der Waals surface area (Å²) < 4.78 is 12.0. The van der Waals surface area contributed by atoms with Gasteiger partial charge in [0.15, 0.2) is 5.60 Å². The van der Waals surface area contributed by atoms with Crippen molar-refractivity contribution in [2.45, 2.75) is 37.5 Å². The first kappa shape index (κ1) is 24.3. The molecule has 1 fully saturated rings. The summed E-state index contributed by atoms with van der Waals surface area (Å²) in [5.74, 6) is 2.84. The van der Waals surface area contributed by atoms with Crippen LogP contribution in [-0.2, 0) is 15.9 Å². The number of rotatable bonds is 6. The summed E-state index contributed by atoms with van der Waals surface area (Å²) in [5, 5.41) is 18.4. The number of hydrogen-bond donors (Lipinski definition) is 3. The Morgan fingerprint density at radius 2 is 2.12 bits per heavy atom. The molecule has 174 valence electrons. The zero-order valence-corrected chi connectivity index (χ0v) is 18.6. The summed E-state index contributed by atoms with van der Waals surface area (Å²) in [6, 6.07) is 11.7. The van der Waals surface area contributed by atoms with Gasteiger partial charge in [0.25, 0.3) is 0 Å². The highest BCUT2D eigenvalue weighted by Gasteiger charge is 2.39. The summed E-state index contributed by atoms with van der Waals surface area (Å²) in [7, 11) is 0. The third-order valence-electron chi connectivity index (χ3n) is 5.24. The molecule has 0 bridgehead atoms. The van der Waals surface area contributed by atoms with Crippen LogP contribution < -0.4 is 5.73 Å². The van der Waals surface area contributed by atoms with Crippen molar-refractivity contribution in [1.29, 1.82) is 0 Å². The lowest BCUT2D eigenvalue weighted by molar-refractivity contribution is -0.0615. The summed E-state index contributed by atoms with van der Waals surface area (Å²) in [4.78, 5) is 18.1. The number of carboxylic acid groups (broad SMARTS) is 1. The van der Waals surface area contributed by atoms with Gasteiger partial charge in [0, 0.05) is 6.20 Å². The topological polar surface area (TPSA) is 133 Å². The predicted molar refractivity (Wildman–Crippen MR) is 124 cm³/mol. The third kappa shape index (κ3) is 6.14. The fraction of sp³-hybridized carbons (Fsp3) is 0.348. The Morgan fingerprint density at radius 1 is 1.36 bits per heavy atom. The second-order valence-corrected chi connectivity index (χ2v) is 7.79. The number of nitrogens with zero attached hydrogens (tertiary/aromatic N) is 3. The number of aromatic nitrogens is 3. The summed E-state index contributed by atoms with van der Waals surface area (Å²) in [6.45, 7) is 0.0569. The first-order valence-corrected chi connectivity index (χ1v) is 10.7. The standard InChI is InChI=1S/C13H13ClN4O2.C10H12O3/c1-2-13(7-19)5-3-9(20-13)18-6-4-8-10(15)16-12(14)17-11(8)18;11-10(12)13-8-4-7-9-5-2-1-3-6-9/h1,4,6,9,19H,3,5,7H2,(H2,15,16,17);1-3,5-6H,4,7-8H2,(H,11,12)/t9?,13-;/m0./s1. The molecule has 10 heteroatoms. The van der Waals surface area contributed by atoms with Crippen LogP contribution in [0.3, 0.4) is 0 Å². The molecule has 0 radical (unpaired) electrons. The number of nitrogen functional groups attached to an aromatic ring is 1. The Hall–Kier alpha value is -3.32. The molecule has 33 heavy (non-hydrogen) atoms. The van der Waals surface area contributed by atoms with Crippen molar-refractivity contribution >= 4 is 34.6 Å². The maximum absolute atomic E-state index is 9.99. The quantitative estimate of drug-likeness (QED) is 0.214. The SMILES string of the molecule is C#C[C@@]1(CO)CCC(n2ccc3c(N)nc(Cl)nc32)O1.O=C(O)OCCCc1ccccc1. The molecule has 4 N–H and O–H groups in total. The summed E-state index contributed by atoms with van der Waals surface area (Å²) in [5.41, 5.74) is 6.69. The maximum Gasteiger partial charge on any atom is 0.505 e. The van der Waals surface area contributed by atoms with Crippen LogP contribution in [0.15, 0.2) is 42.6 Å². The Balaban J connectivity index is 0.000000205. The number of nitrogens with two attached hydrogens (primary N) is 1. The monoisotopic (exact) mass is 472 g/mol. The highest BCUT2D eigenvalue weighted by atomic mass is 35.5. The van der Waals surface area contributed by atoms with E-state index in [1.807, 2.05) is 34.9 Å². The van der Waals surface area contributed by atoms with Crippen molar-refractivity contribution < 1.29 is 24.5 Å². The number of halogens is 1. The van der Waals surface area contributed by atoms with E-state index in [0.29, 0.717) is 29.7 Å². The van der Waals surface area contributed by atoms with Crippen LogP contribution in [0, 0.1) is 12.3 Å². The minimum absolute atomic E-state index is 0.0818. The van der Waals surface area contributed by atoms with Gasteiger partial charge in [-0.05, 0) is 48.9 Å². The van der Waals surface area contributed by atoms with E-state index in [1.54, 1.807) is 12.3 Å². The molecule has 1 aliphatic rings.